The zero-order valence-corrected chi connectivity index (χ0v) is 9.26. The van der Waals surface area contributed by atoms with Gasteiger partial charge in [-0.1, -0.05) is 6.42 Å². The third kappa shape index (κ3) is 4.94. The van der Waals surface area contributed by atoms with E-state index in [2.05, 4.69) is 17.6 Å². The van der Waals surface area contributed by atoms with E-state index in [0.29, 0.717) is 18.7 Å². The van der Waals surface area contributed by atoms with Crippen molar-refractivity contribution in [3.05, 3.63) is 0 Å². The van der Waals surface area contributed by atoms with E-state index in [4.69, 9.17) is 5.11 Å². The van der Waals surface area contributed by atoms with Crippen molar-refractivity contribution in [2.24, 2.45) is 0 Å². The summed E-state index contributed by atoms with van der Waals surface area (Å²) in [5, 5.41) is 15.6. The standard InChI is InChI=1S/C11H24N2O/c1-10(12-7-4-8-14)9-11-5-2-3-6-13-11/h10-14H,2-9H2,1H3. The molecule has 1 aliphatic heterocycles. The first-order valence-electron chi connectivity index (χ1n) is 5.90. The largest absolute Gasteiger partial charge is 0.396 e. The van der Waals surface area contributed by atoms with Crippen LogP contribution < -0.4 is 10.6 Å². The fourth-order valence-corrected chi connectivity index (χ4v) is 2.06. The molecule has 3 N–H and O–H groups in total. The van der Waals surface area contributed by atoms with E-state index in [1.165, 1.54) is 32.2 Å². The van der Waals surface area contributed by atoms with Gasteiger partial charge in [-0.2, -0.15) is 0 Å². The molecule has 2 unspecified atom stereocenters. The number of hydrogen-bond donors (Lipinski definition) is 3. The maximum atomic E-state index is 8.65. The molecule has 1 heterocycles. The highest BCUT2D eigenvalue weighted by atomic mass is 16.3. The molecule has 0 aromatic carbocycles. The van der Waals surface area contributed by atoms with Crippen LogP contribution in [0.5, 0.6) is 0 Å². The average Bonchev–Trinajstić information content (AvgIpc) is 2.20. The van der Waals surface area contributed by atoms with Crippen LogP contribution >= 0.6 is 0 Å². The Balaban J connectivity index is 2.03. The molecule has 0 aromatic heterocycles. The lowest BCUT2D eigenvalue weighted by molar-refractivity contribution is 0.279. The molecule has 0 aliphatic carbocycles. The van der Waals surface area contributed by atoms with Gasteiger partial charge in [-0.3, -0.25) is 0 Å². The molecule has 1 fully saturated rings. The quantitative estimate of drug-likeness (QED) is 0.558. The summed E-state index contributed by atoms with van der Waals surface area (Å²) in [4.78, 5) is 0. The zero-order valence-electron chi connectivity index (χ0n) is 9.26. The highest BCUT2D eigenvalue weighted by molar-refractivity contribution is 4.76. The van der Waals surface area contributed by atoms with Gasteiger partial charge in [-0.25, -0.2) is 0 Å². The van der Waals surface area contributed by atoms with E-state index in [9.17, 15) is 0 Å². The number of nitrogens with one attached hydrogen (secondary N) is 2. The predicted molar refractivity (Wildman–Crippen MR) is 59.4 cm³/mol. The molecule has 14 heavy (non-hydrogen) atoms. The van der Waals surface area contributed by atoms with Gasteiger partial charge in [0.1, 0.15) is 0 Å². The Bertz CT molecular complexity index is 135. The van der Waals surface area contributed by atoms with Crippen LogP contribution in [0.15, 0.2) is 0 Å². The minimum absolute atomic E-state index is 0.293. The van der Waals surface area contributed by atoms with Crippen LogP contribution in [0, 0.1) is 0 Å². The van der Waals surface area contributed by atoms with E-state index >= 15 is 0 Å². The summed E-state index contributed by atoms with van der Waals surface area (Å²) in [5.41, 5.74) is 0. The van der Waals surface area contributed by atoms with Gasteiger partial charge in [0.15, 0.2) is 0 Å². The molecule has 0 aromatic rings. The smallest absolute Gasteiger partial charge is 0.0443 e. The first-order valence-corrected chi connectivity index (χ1v) is 5.90. The van der Waals surface area contributed by atoms with Crippen molar-refractivity contribution < 1.29 is 5.11 Å². The van der Waals surface area contributed by atoms with Crippen molar-refractivity contribution in [2.45, 2.75) is 51.1 Å². The van der Waals surface area contributed by atoms with Crippen LogP contribution in [-0.2, 0) is 0 Å². The molecule has 0 bridgehead atoms. The second-order valence-corrected chi connectivity index (χ2v) is 4.31. The molecule has 1 saturated heterocycles. The molecule has 0 saturated carbocycles. The fraction of sp³-hybridized carbons (Fsp3) is 1.00. The Morgan fingerprint density at radius 2 is 2.36 bits per heavy atom. The van der Waals surface area contributed by atoms with Gasteiger partial charge in [0, 0.05) is 18.7 Å². The maximum Gasteiger partial charge on any atom is 0.0443 e. The van der Waals surface area contributed by atoms with Crippen LogP contribution in [0.3, 0.4) is 0 Å². The molecule has 3 nitrogen and oxygen atoms in total. The van der Waals surface area contributed by atoms with Gasteiger partial charge in [0.05, 0.1) is 0 Å². The monoisotopic (exact) mass is 200 g/mol. The van der Waals surface area contributed by atoms with Crippen LogP contribution in [0.1, 0.15) is 39.0 Å². The fourth-order valence-electron chi connectivity index (χ4n) is 2.06. The minimum atomic E-state index is 0.293. The number of hydrogen-bond acceptors (Lipinski definition) is 3. The Morgan fingerprint density at radius 3 is 3.00 bits per heavy atom. The van der Waals surface area contributed by atoms with Crippen molar-refractivity contribution in [3.8, 4) is 0 Å². The van der Waals surface area contributed by atoms with E-state index in [1.807, 2.05) is 0 Å². The normalized spacial score (nSPS) is 24.9. The lowest BCUT2D eigenvalue weighted by Gasteiger charge is -2.26. The number of rotatable bonds is 6. The third-order valence-corrected chi connectivity index (χ3v) is 2.88. The SMILES string of the molecule is CC(CC1CCCCN1)NCCCO. The van der Waals surface area contributed by atoms with E-state index in [-0.39, 0.29) is 0 Å². The highest BCUT2D eigenvalue weighted by Gasteiger charge is 2.14. The van der Waals surface area contributed by atoms with E-state index in [0.717, 1.165) is 13.0 Å². The summed E-state index contributed by atoms with van der Waals surface area (Å²) in [5.74, 6) is 0. The Labute approximate surface area is 87.3 Å². The molecular formula is C11H24N2O. The third-order valence-electron chi connectivity index (χ3n) is 2.88. The molecule has 0 amide bonds. The van der Waals surface area contributed by atoms with Gasteiger partial charge in [-0.05, 0) is 45.7 Å². The summed E-state index contributed by atoms with van der Waals surface area (Å²) in [6.07, 6.45) is 6.11. The Hall–Kier alpha value is -0.120. The Morgan fingerprint density at radius 1 is 1.50 bits per heavy atom. The van der Waals surface area contributed by atoms with Crippen LogP contribution in [0.25, 0.3) is 0 Å². The first-order chi connectivity index (χ1) is 6.83. The predicted octanol–water partition coefficient (Wildman–Crippen LogP) is 0.879. The second kappa shape index (κ2) is 7.21. The number of aliphatic hydroxyl groups is 1. The molecular weight excluding hydrogens is 176 g/mol. The first kappa shape index (κ1) is 12.0. The topological polar surface area (TPSA) is 44.3 Å². The lowest BCUT2D eigenvalue weighted by Crippen LogP contribution is -2.40. The number of piperidine rings is 1. The molecule has 0 radical (unpaired) electrons. The van der Waals surface area contributed by atoms with Crippen molar-refractivity contribution >= 4 is 0 Å². The highest BCUT2D eigenvalue weighted by Crippen LogP contribution is 2.11. The van der Waals surface area contributed by atoms with E-state index < -0.39 is 0 Å². The molecule has 1 rings (SSSR count). The molecule has 0 spiro atoms. The molecule has 84 valence electrons. The van der Waals surface area contributed by atoms with Crippen molar-refractivity contribution in [2.75, 3.05) is 19.7 Å². The average molecular weight is 200 g/mol. The summed E-state index contributed by atoms with van der Waals surface area (Å²) in [6, 6.07) is 1.28. The summed E-state index contributed by atoms with van der Waals surface area (Å²) in [6.45, 7) is 4.65. The van der Waals surface area contributed by atoms with Gasteiger partial charge in [-0.15, -0.1) is 0 Å². The van der Waals surface area contributed by atoms with Crippen LogP contribution in [0.2, 0.25) is 0 Å². The Kier molecular flexibility index (Phi) is 6.15. The van der Waals surface area contributed by atoms with Crippen molar-refractivity contribution in [3.63, 3.8) is 0 Å². The zero-order chi connectivity index (χ0) is 10.2. The van der Waals surface area contributed by atoms with Crippen LogP contribution in [-0.4, -0.2) is 36.9 Å². The van der Waals surface area contributed by atoms with Gasteiger partial charge >= 0.3 is 0 Å². The number of aliphatic hydroxyl groups excluding tert-OH is 1. The molecule has 3 heteroatoms. The second-order valence-electron chi connectivity index (χ2n) is 4.31. The van der Waals surface area contributed by atoms with Gasteiger partial charge in [0.25, 0.3) is 0 Å². The summed E-state index contributed by atoms with van der Waals surface area (Å²) in [7, 11) is 0. The van der Waals surface area contributed by atoms with E-state index in [1.54, 1.807) is 0 Å². The molecule has 2 atom stereocenters. The minimum Gasteiger partial charge on any atom is -0.396 e. The van der Waals surface area contributed by atoms with Gasteiger partial charge in [0.2, 0.25) is 0 Å². The summed E-state index contributed by atoms with van der Waals surface area (Å²) < 4.78 is 0. The molecule has 1 aliphatic rings. The maximum absolute atomic E-state index is 8.65. The van der Waals surface area contributed by atoms with Crippen LogP contribution in [0.4, 0.5) is 0 Å². The van der Waals surface area contributed by atoms with Gasteiger partial charge < -0.3 is 15.7 Å². The lowest BCUT2D eigenvalue weighted by atomic mass is 9.99. The summed E-state index contributed by atoms with van der Waals surface area (Å²) >= 11 is 0. The van der Waals surface area contributed by atoms with Crippen molar-refractivity contribution in [1.29, 1.82) is 0 Å². The van der Waals surface area contributed by atoms with Crippen molar-refractivity contribution in [1.82, 2.24) is 10.6 Å².